The van der Waals surface area contributed by atoms with E-state index in [2.05, 4.69) is 35.8 Å². The minimum Gasteiger partial charge on any atom is -0.294 e. The van der Waals surface area contributed by atoms with Gasteiger partial charge in [0, 0.05) is 34.5 Å². The van der Waals surface area contributed by atoms with Crippen molar-refractivity contribution < 1.29 is 9.59 Å². The third kappa shape index (κ3) is 3.35. The highest BCUT2D eigenvalue weighted by Gasteiger charge is 2.44. The molecule has 0 spiro atoms. The topological polar surface area (TPSA) is 37.4 Å². The number of rotatable bonds is 2. The van der Waals surface area contributed by atoms with Gasteiger partial charge in [-0.15, -0.1) is 0 Å². The van der Waals surface area contributed by atoms with Crippen LogP contribution in [0.2, 0.25) is 0 Å². The Labute approximate surface area is 174 Å². The first-order chi connectivity index (χ1) is 13.3. The lowest BCUT2D eigenvalue weighted by Crippen LogP contribution is -2.43. The van der Waals surface area contributed by atoms with Gasteiger partial charge < -0.3 is 0 Å². The number of halogens is 1. The molecule has 0 saturated heterocycles. The highest BCUT2D eigenvalue weighted by Crippen LogP contribution is 2.49. The lowest BCUT2D eigenvalue weighted by molar-refractivity contribution is -0.121. The van der Waals surface area contributed by atoms with Crippen molar-refractivity contribution in [3.05, 3.63) is 75.4 Å². The fourth-order valence-electron chi connectivity index (χ4n) is 4.50. The second-order valence-corrected chi connectivity index (χ2v) is 9.51. The van der Waals surface area contributed by atoms with Gasteiger partial charge >= 0.3 is 0 Å². The molecule has 4 rings (SSSR count). The number of para-hydroxylation sites is 1. The van der Waals surface area contributed by atoms with Gasteiger partial charge in [-0.3, -0.25) is 14.5 Å². The van der Waals surface area contributed by atoms with E-state index in [0.717, 1.165) is 32.6 Å². The molecule has 1 aliphatic carbocycles. The van der Waals surface area contributed by atoms with Crippen LogP contribution in [0, 0.1) is 12.3 Å². The molecule has 28 heavy (non-hydrogen) atoms. The fourth-order valence-corrected chi connectivity index (χ4v) is 4.96. The third-order valence-corrected chi connectivity index (χ3v) is 6.35. The first-order valence-electron chi connectivity index (χ1n) is 9.67. The first kappa shape index (κ1) is 19.1. The summed E-state index contributed by atoms with van der Waals surface area (Å²) in [6.45, 7) is 6.25. The van der Waals surface area contributed by atoms with Gasteiger partial charge in [-0.2, -0.15) is 0 Å². The number of benzene rings is 2. The number of allylic oxidation sites excluding steroid dienone is 2. The Kier molecular flexibility index (Phi) is 4.78. The number of carbonyl (C=O) groups is 2. The van der Waals surface area contributed by atoms with Gasteiger partial charge in [0.1, 0.15) is 0 Å². The van der Waals surface area contributed by atoms with Crippen molar-refractivity contribution in [2.45, 2.75) is 46.0 Å². The van der Waals surface area contributed by atoms with E-state index in [9.17, 15) is 9.59 Å². The molecule has 0 saturated carbocycles. The number of anilines is 1. The second kappa shape index (κ2) is 7.00. The predicted molar refractivity (Wildman–Crippen MR) is 115 cm³/mol. The van der Waals surface area contributed by atoms with Crippen molar-refractivity contribution in [2.75, 3.05) is 4.90 Å². The summed E-state index contributed by atoms with van der Waals surface area (Å²) in [5.41, 5.74) is 4.54. The Bertz CT molecular complexity index is 1010. The van der Waals surface area contributed by atoms with E-state index in [1.54, 1.807) is 4.90 Å². The van der Waals surface area contributed by atoms with E-state index in [4.69, 9.17) is 0 Å². The van der Waals surface area contributed by atoms with Crippen molar-refractivity contribution >= 4 is 33.3 Å². The molecule has 0 aromatic heterocycles. The molecule has 3 nitrogen and oxygen atoms in total. The minimum atomic E-state index is -0.163. The van der Waals surface area contributed by atoms with Crippen molar-refractivity contribution in [3.63, 3.8) is 0 Å². The summed E-state index contributed by atoms with van der Waals surface area (Å²) in [6.07, 6.45) is 1.55. The summed E-state index contributed by atoms with van der Waals surface area (Å²) < 4.78 is 0.861. The molecular formula is C24H24BrNO2. The minimum absolute atomic E-state index is 0.0441. The third-order valence-electron chi connectivity index (χ3n) is 5.68. The molecule has 2 aromatic carbocycles. The molecule has 2 aliphatic rings. The van der Waals surface area contributed by atoms with Crippen LogP contribution in [0.3, 0.4) is 0 Å². The van der Waals surface area contributed by atoms with E-state index in [1.807, 2.05) is 49.4 Å². The molecule has 1 amide bonds. The van der Waals surface area contributed by atoms with Gasteiger partial charge in [0.25, 0.3) is 0 Å². The van der Waals surface area contributed by atoms with Crippen LogP contribution >= 0.6 is 15.9 Å². The quantitative estimate of drug-likeness (QED) is 0.584. The number of hydrogen-bond donors (Lipinski definition) is 0. The van der Waals surface area contributed by atoms with Crippen molar-refractivity contribution in [3.8, 4) is 0 Å². The molecule has 144 valence electrons. The Morgan fingerprint density at radius 3 is 2.50 bits per heavy atom. The van der Waals surface area contributed by atoms with Gasteiger partial charge in [-0.1, -0.05) is 55.8 Å². The number of hydrogen-bond acceptors (Lipinski definition) is 2. The molecule has 0 bridgehead atoms. The Morgan fingerprint density at radius 1 is 1.04 bits per heavy atom. The van der Waals surface area contributed by atoms with Gasteiger partial charge in [0.2, 0.25) is 5.91 Å². The lowest BCUT2D eigenvalue weighted by Gasteiger charge is -2.43. The molecule has 0 fully saturated rings. The van der Waals surface area contributed by atoms with Crippen LogP contribution in [-0.2, 0) is 9.59 Å². The first-order valence-corrected chi connectivity index (χ1v) is 10.5. The Morgan fingerprint density at radius 2 is 1.79 bits per heavy atom. The summed E-state index contributed by atoms with van der Waals surface area (Å²) in [7, 11) is 0. The standard InChI is InChI=1S/C24H24BrNO2/c1-15-7-6-8-16(11-15)17-12-22(28)26(19-10-5-4-9-18(19)25)20-13-24(2,3)14-21(27)23(17)20/h4-11,17H,12-14H2,1-3H3. The van der Waals surface area contributed by atoms with Crippen molar-refractivity contribution in [1.82, 2.24) is 0 Å². The van der Waals surface area contributed by atoms with E-state index in [1.165, 1.54) is 0 Å². The average Bonchev–Trinajstić information content (AvgIpc) is 2.61. The number of ketones is 1. The van der Waals surface area contributed by atoms with E-state index in [-0.39, 0.29) is 23.0 Å². The predicted octanol–water partition coefficient (Wildman–Crippen LogP) is 5.92. The highest BCUT2D eigenvalue weighted by atomic mass is 79.9. The summed E-state index contributed by atoms with van der Waals surface area (Å²) in [5, 5.41) is 0. The van der Waals surface area contributed by atoms with Crippen LogP contribution in [0.4, 0.5) is 5.69 Å². The smallest absolute Gasteiger partial charge is 0.232 e. The molecule has 4 heteroatoms. The van der Waals surface area contributed by atoms with Crippen molar-refractivity contribution in [1.29, 1.82) is 0 Å². The number of carbonyl (C=O) groups excluding carboxylic acids is 2. The number of aryl methyl sites for hydroxylation is 1. The Balaban J connectivity index is 1.93. The highest BCUT2D eigenvalue weighted by molar-refractivity contribution is 9.10. The molecule has 0 N–H and O–H groups in total. The molecule has 1 atom stereocenters. The maximum absolute atomic E-state index is 13.3. The zero-order valence-electron chi connectivity index (χ0n) is 16.5. The second-order valence-electron chi connectivity index (χ2n) is 8.65. The summed E-state index contributed by atoms with van der Waals surface area (Å²) in [5.74, 6) is 0.0507. The molecule has 1 unspecified atom stereocenters. The number of nitrogens with zero attached hydrogens (tertiary/aromatic N) is 1. The lowest BCUT2D eigenvalue weighted by atomic mass is 9.69. The van der Waals surface area contributed by atoms with Crippen LogP contribution in [0.15, 0.2) is 64.3 Å². The van der Waals surface area contributed by atoms with Crippen LogP contribution in [0.1, 0.15) is 50.2 Å². The maximum atomic E-state index is 13.3. The fraction of sp³-hybridized carbons (Fsp3) is 0.333. The van der Waals surface area contributed by atoms with Crippen LogP contribution in [0.5, 0.6) is 0 Å². The van der Waals surface area contributed by atoms with Crippen LogP contribution in [0.25, 0.3) is 0 Å². The van der Waals surface area contributed by atoms with Crippen LogP contribution < -0.4 is 4.90 Å². The summed E-state index contributed by atoms with van der Waals surface area (Å²) in [4.78, 5) is 28.4. The number of amides is 1. The van der Waals surface area contributed by atoms with Gasteiger partial charge in [-0.25, -0.2) is 0 Å². The Hall–Kier alpha value is -2.20. The summed E-state index contributed by atoms with van der Waals surface area (Å²) in [6, 6.07) is 15.9. The molecule has 2 aromatic rings. The van der Waals surface area contributed by atoms with Crippen LogP contribution in [-0.4, -0.2) is 11.7 Å². The van der Waals surface area contributed by atoms with E-state index >= 15 is 0 Å². The summed E-state index contributed by atoms with van der Waals surface area (Å²) >= 11 is 3.59. The molecule has 1 heterocycles. The number of Topliss-reactive ketones (excluding diaryl/α,β-unsaturated/α-hetero) is 1. The van der Waals surface area contributed by atoms with Gasteiger partial charge in [-0.05, 0) is 52.4 Å². The molecular weight excluding hydrogens is 414 g/mol. The zero-order valence-corrected chi connectivity index (χ0v) is 18.0. The largest absolute Gasteiger partial charge is 0.294 e. The van der Waals surface area contributed by atoms with E-state index in [0.29, 0.717) is 19.3 Å². The van der Waals surface area contributed by atoms with Gasteiger partial charge in [0.05, 0.1) is 5.69 Å². The zero-order chi connectivity index (χ0) is 20.1. The maximum Gasteiger partial charge on any atom is 0.232 e. The SMILES string of the molecule is Cc1cccc(C2CC(=O)N(c3ccccc3Br)C3=C2C(=O)CC(C)(C)C3)c1. The monoisotopic (exact) mass is 437 g/mol. The normalized spacial score (nSPS) is 21.7. The molecule has 0 radical (unpaired) electrons. The molecule has 1 aliphatic heterocycles. The van der Waals surface area contributed by atoms with Gasteiger partial charge in [0.15, 0.2) is 5.78 Å². The van der Waals surface area contributed by atoms with E-state index < -0.39 is 0 Å². The van der Waals surface area contributed by atoms with Crippen molar-refractivity contribution in [2.24, 2.45) is 5.41 Å². The average molecular weight is 438 g/mol.